The lowest BCUT2D eigenvalue weighted by atomic mass is 10.1. The van der Waals surface area contributed by atoms with Crippen LogP contribution in [-0.2, 0) is 14.3 Å². The molecule has 2 rings (SSSR count). The van der Waals surface area contributed by atoms with E-state index in [0.29, 0.717) is 5.02 Å². The molecule has 0 N–H and O–H groups in total. The number of imide groups is 1. The highest BCUT2D eigenvalue weighted by Crippen LogP contribution is 2.21. The van der Waals surface area contributed by atoms with Crippen LogP contribution in [0.2, 0.25) is 10.0 Å². The van der Waals surface area contributed by atoms with Crippen LogP contribution in [0.5, 0.6) is 0 Å². The summed E-state index contributed by atoms with van der Waals surface area (Å²) < 4.78 is 4.76. The van der Waals surface area contributed by atoms with Gasteiger partial charge in [-0.25, -0.2) is 0 Å². The van der Waals surface area contributed by atoms with Crippen LogP contribution < -0.4 is 0 Å². The predicted octanol–water partition coefficient (Wildman–Crippen LogP) is 1.56. The molecule has 0 aliphatic carbocycles. The van der Waals surface area contributed by atoms with Crippen LogP contribution in [0.4, 0.5) is 0 Å². The monoisotopic (exact) mass is 301 g/mol. The number of amides is 2. The van der Waals surface area contributed by atoms with E-state index >= 15 is 0 Å². The van der Waals surface area contributed by atoms with E-state index in [9.17, 15) is 14.4 Å². The second kappa shape index (κ2) is 5.69. The lowest BCUT2D eigenvalue weighted by molar-refractivity contribution is -0.157. The van der Waals surface area contributed by atoms with Crippen LogP contribution in [0, 0.1) is 0 Å². The average molecular weight is 302 g/mol. The Labute approximate surface area is 119 Å². The van der Waals surface area contributed by atoms with Crippen LogP contribution >= 0.6 is 23.2 Å². The first-order valence-electron chi connectivity index (χ1n) is 5.38. The van der Waals surface area contributed by atoms with Crippen molar-refractivity contribution in [3.05, 3.63) is 33.8 Å². The summed E-state index contributed by atoms with van der Waals surface area (Å²) in [6, 6.07) is 4.41. The van der Waals surface area contributed by atoms with Gasteiger partial charge in [0.25, 0.3) is 11.8 Å². The van der Waals surface area contributed by atoms with E-state index in [2.05, 4.69) is 0 Å². The van der Waals surface area contributed by atoms with Crippen molar-refractivity contribution in [3.8, 4) is 0 Å². The van der Waals surface area contributed by atoms with Gasteiger partial charge in [-0.3, -0.25) is 19.3 Å². The molecule has 0 saturated carbocycles. The minimum absolute atomic E-state index is 0.186. The van der Waals surface area contributed by atoms with Crippen LogP contribution in [0.15, 0.2) is 18.2 Å². The van der Waals surface area contributed by atoms with E-state index in [1.807, 2.05) is 0 Å². The zero-order chi connectivity index (χ0) is 14.0. The van der Waals surface area contributed by atoms with Crippen LogP contribution in [-0.4, -0.2) is 42.3 Å². The molecule has 100 valence electrons. The van der Waals surface area contributed by atoms with Crippen LogP contribution in [0.3, 0.4) is 0 Å². The number of nitrogens with zero attached hydrogens (tertiary/aromatic N) is 1. The highest BCUT2D eigenvalue weighted by molar-refractivity contribution is 6.37. The maximum absolute atomic E-state index is 12.0. The molecule has 1 aromatic carbocycles. The first-order valence-corrected chi connectivity index (χ1v) is 6.14. The molecule has 1 saturated heterocycles. The zero-order valence-corrected chi connectivity index (χ0v) is 11.2. The molecule has 5 nitrogen and oxygen atoms in total. The number of Topliss-reactive ketones (excluding diaryl/α,β-unsaturated/α-hetero) is 1. The van der Waals surface area contributed by atoms with Gasteiger partial charge < -0.3 is 4.74 Å². The predicted molar refractivity (Wildman–Crippen MR) is 68.3 cm³/mol. The Morgan fingerprint density at radius 1 is 1.21 bits per heavy atom. The van der Waals surface area contributed by atoms with Gasteiger partial charge in [-0.1, -0.05) is 23.2 Å². The van der Waals surface area contributed by atoms with Gasteiger partial charge in [0.05, 0.1) is 11.6 Å². The first-order chi connectivity index (χ1) is 8.99. The second-order valence-electron chi connectivity index (χ2n) is 3.91. The molecule has 7 heteroatoms. The Hall–Kier alpha value is -1.43. The van der Waals surface area contributed by atoms with Gasteiger partial charge in [-0.15, -0.1) is 0 Å². The van der Waals surface area contributed by atoms with Gasteiger partial charge in [0.2, 0.25) is 0 Å². The number of morpholine rings is 1. The van der Waals surface area contributed by atoms with Gasteiger partial charge in [-0.05, 0) is 18.2 Å². The molecule has 0 atom stereocenters. The molecule has 1 aliphatic heterocycles. The molecule has 0 aromatic heterocycles. The third kappa shape index (κ3) is 3.12. The standard InChI is InChI=1S/C12H9Cl2NO4/c13-7-1-2-8(9(14)3-7)10(16)4-15-11(17)5-19-6-12(15)18/h1-3H,4-6H2. The molecule has 2 amide bonds. The van der Waals surface area contributed by atoms with E-state index < -0.39 is 17.6 Å². The van der Waals surface area contributed by atoms with Crippen molar-refractivity contribution in [1.29, 1.82) is 0 Å². The summed E-state index contributed by atoms with van der Waals surface area (Å²) in [6.45, 7) is -0.747. The fourth-order valence-corrected chi connectivity index (χ4v) is 2.16. The number of hydrogen-bond donors (Lipinski definition) is 0. The fourth-order valence-electron chi connectivity index (χ4n) is 1.64. The van der Waals surface area contributed by atoms with Gasteiger partial charge in [-0.2, -0.15) is 0 Å². The lowest BCUT2D eigenvalue weighted by Crippen LogP contribution is -2.48. The Balaban J connectivity index is 2.16. The topological polar surface area (TPSA) is 63.7 Å². The third-order valence-electron chi connectivity index (χ3n) is 2.59. The smallest absolute Gasteiger partial charge is 0.255 e. The van der Waals surface area contributed by atoms with Crippen molar-refractivity contribution < 1.29 is 19.1 Å². The van der Waals surface area contributed by atoms with Gasteiger partial charge in [0.1, 0.15) is 13.2 Å². The molecule has 1 heterocycles. The molecule has 0 radical (unpaired) electrons. The molecular formula is C12H9Cl2NO4. The number of ketones is 1. The number of benzene rings is 1. The van der Waals surface area contributed by atoms with E-state index in [0.717, 1.165) is 4.90 Å². The largest absolute Gasteiger partial charge is 0.362 e. The number of carbonyl (C=O) groups excluding carboxylic acids is 3. The van der Waals surface area contributed by atoms with Gasteiger partial charge in [0.15, 0.2) is 5.78 Å². The summed E-state index contributed by atoms with van der Waals surface area (Å²) >= 11 is 11.6. The minimum atomic E-state index is -0.533. The summed E-state index contributed by atoms with van der Waals surface area (Å²) in [5, 5.41) is 0.589. The van der Waals surface area contributed by atoms with E-state index in [-0.39, 0.29) is 30.3 Å². The Morgan fingerprint density at radius 2 is 1.84 bits per heavy atom. The van der Waals surface area contributed by atoms with Crippen molar-refractivity contribution in [1.82, 2.24) is 4.90 Å². The lowest BCUT2D eigenvalue weighted by Gasteiger charge is -2.24. The van der Waals surface area contributed by atoms with Crippen LogP contribution in [0.25, 0.3) is 0 Å². The summed E-state index contributed by atoms with van der Waals surface area (Å²) in [5.74, 6) is -1.49. The average Bonchev–Trinajstić information content (AvgIpc) is 2.33. The number of carbonyl (C=O) groups is 3. The van der Waals surface area contributed by atoms with Crippen molar-refractivity contribution in [3.63, 3.8) is 0 Å². The number of ether oxygens (including phenoxy) is 1. The molecule has 0 spiro atoms. The number of rotatable bonds is 3. The molecule has 1 aromatic rings. The van der Waals surface area contributed by atoms with Gasteiger partial charge >= 0.3 is 0 Å². The summed E-state index contributed by atoms with van der Waals surface area (Å²) in [4.78, 5) is 35.9. The zero-order valence-electron chi connectivity index (χ0n) is 9.69. The molecule has 1 aliphatic rings. The fraction of sp³-hybridized carbons (Fsp3) is 0.250. The maximum atomic E-state index is 12.0. The second-order valence-corrected chi connectivity index (χ2v) is 4.76. The maximum Gasteiger partial charge on any atom is 0.255 e. The third-order valence-corrected chi connectivity index (χ3v) is 3.13. The summed E-state index contributed by atoms with van der Waals surface area (Å²) in [6.07, 6.45) is 0. The highest BCUT2D eigenvalue weighted by Gasteiger charge is 2.29. The van der Waals surface area contributed by atoms with Crippen molar-refractivity contribution in [2.75, 3.05) is 19.8 Å². The SMILES string of the molecule is O=C(CN1C(=O)COCC1=O)c1ccc(Cl)cc1Cl. The molecule has 0 unspecified atom stereocenters. The Kier molecular flexibility index (Phi) is 4.19. The number of halogens is 2. The van der Waals surface area contributed by atoms with E-state index in [1.165, 1.54) is 18.2 Å². The summed E-state index contributed by atoms with van der Waals surface area (Å²) in [5.41, 5.74) is 0.221. The van der Waals surface area contributed by atoms with E-state index in [1.54, 1.807) is 0 Å². The summed E-state index contributed by atoms with van der Waals surface area (Å²) in [7, 11) is 0. The van der Waals surface area contributed by atoms with Crippen molar-refractivity contribution in [2.45, 2.75) is 0 Å². The quantitative estimate of drug-likeness (QED) is 0.628. The molecular weight excluding hydrogens is 293 g/mol. The minimum Gasteiger partial charge on any atom is -0.362 e. The first kappa shape index (κ1) is 14.0. The van der Waals surface area contributed by atoms with Crippen molar-refractivity contribution in [2.24, 2.45) is 0 Å². The van der Waals surface area contributed by atoms with Crippen LogP contribution in [0.1, 0.15) is 10.4 Å². The normalized spacial score (nSPS) is 15.8. The van der Waals surface area contributed by atoms with Gasteiger partial charge in [0, 0.05) is 10.6 Å². The van der Waals surface area contributed by atoms with E-state index in [4.69, 9.17) is 27.9 Å². The molecule has 1 fully saturated rings. The Bertz CT molecular complexity index is 543. The highest BCUT2D eigenvalue weighted by atomic mass is 35.5. The number of hydrogen-bond acceptors (Lipinski definition) is 4. The Morgan fingerprint density at radius 3 is 2.42 bits per heavy atom. The molecule has 0 bridgehead atoms. The molecule has 19 heavy (non-hydrogen) atoms. The van der Waals surface area contributed by atoms with Crippen molar-refractivity contribution >= 4 is 40.8 Å².